The molecule has 0 fully saturated rings. The molecular formula is C14H15BrN2O2S. The quantitative estimate of drug-likeness (QED) is 0.832. The number of hydrogen-bond acceptors (Lipinski definition) is 4. The number of rotatable bonds is 2. The Morgan fingerprint density at radius 2 is 2.15 bits per heavy atom. The Hall–Kier alpha value is -1.40. The van der Waals surface area contributed by atoms with Crippen molar-refractivity contribution in [1.82, 2.24) is 4.98 Å². The molecule has 20 heavy (non-hydrogen) atoms. The van der Waals surface area contributed by atoms with E-state index in [1.807, 2.05) is 50.4 Å². The number of hydrogen-bond donors (Lipinski definition) is 1. The number of ether oxygens (including phenoxy) is 1. The van der Waals surface area contributed by atoms with Crippen LogP contribution in [0.15, 0.2) is 34.1 Å². The molecule has 0 radical (unpaired) electrons. The molecule has 0 spiro atoms. The van der Waals surface area contributed by atoms with Gasteiger partial charge in [0.2, 0.25) is 0 Å². The van der Waals surface area contributed by atoms with E-state index in [9.17, 15) is 4.79 Å². The molecule has 0 bridgehead atoms. The minimum absolute atomic E-state index is 0.493. The summed E-state index contributed by atoms with van der Waals surface area (Å²) in [6.45, 7) is 5.46. The molecule has 1 heterocycles. The first kappa shape index (κ1) is 15.0. The molecule has 0 aliphatic heterocycles. The topological polar surface area (TPSA) is 51.2 Å². The van der Waals surface area contributed by atoms with Gasteiger partial charge in [-0.1, -0.05) is 28.1 Å². The number of carbonyl (C=O) groups excluding carboxylic acids is 1. The summed E-state index contributed by atoms with van der Waals surface area (Å²) in [6.07, 6.45) is -0.493. The van der Waals surface area contributed by atoms with E-state index in [0.29, 0.717) is 5.13 Å². The maximum atomic E-state index is 11.7. The number of nitrogens with one attached hydrogen (secondary N) is 1. The van der Waals surface area contributed by atoms with Crippen molar-refractivity contribution >= 4 is 38.5 Å². The van der Waals surface area contributed by atoms with Crippen LogP contribution in [0, 0.1) is 0 Å². The zero-order valence-electron chi connectivity index (χ0n) is 11.4. The van der Waals surface area contributed by atoms with Crippen molar-refractivity contribution in [2.75, 3.05) is 5.32 Å². The molecule has 0 unspecified atom stereocenters. The molecule has 2 rings (SSSR count). The summed E-state index contributed by atoms with van der Waals surface area (Å²) >= 11 is 4.79. The van der Waals surface area contributed by atoms with Crippen LogP contribution < -0.4 is 5.32 Å². The van der Waals surface area contributed by atoms with Gasteiger partial charge in [-0.15, -0.1) is 11.3 Å². The second kappa shape index (κ2) is 5.93. The smallest absolute Gasteiger partial charge is 0.413 e. The van der Waals surface area contributed by atoms with Crippen molar-refractivity contribution in [3.05, 3.63) is 34.1 Å². The summed E-state index contributed by atoms with van der Waals surface area (Å²) in [4.78, 5) is 16.0. The molecule has 0 aliphatic rings. The van der Waals surface area contributed by atoms with E-state index in [-0.39, 0.29) is 0 Å². The van der Waals surface area contributed by atoms with Crippen LogP contribution >= 0.6 is 27.3 Å². The molecule has 1 N–H and O–H groups in total. The summed E-state index contributed by atoms with van der Waals surface area (Å²) < 4.78 is 6.18. The van der Waals surface area contributed by atoms with Gasteiger partial charge in [-0.3, -0.25) is 5.32 Å². The normalized spacial score (nSPS) is 11.2. The van der Waals surface area contributed by atoms with Crippen molar-refractivity contribution in [3.63, 3.8) is 0 Å². The maximum absolute atomic E-state index is 11.7. The number of benzene rings is 1. The van der Waals surface area contributed by atoms with Gasteiger partial charge < -0.3 is 4.74 Å². The highest BCUT2D eigenvalue weighted by Crippen LogP contribution is 2.27. The molecule has 1 amide bonds. The van der Waals surface area contributed by atoms with E-state index in [4.69, 9.17) is 4.74 Å². The molecule has 2 aromatic rings. The van der Waals surface area contributed by atoms with Gasteiger partial charge >= 0.3 is 6.09 Å². The third-order valence-corrected chi connectivity index (χ3v) is 3.48. The van der Waals surface area contributed by atoms with Crippen molar-refractivity contribution in [3.8, 4) is 11.3 Å². The highest BCUT2D eigenvalue weighted by Gasteiger charge is 2.17. The molecular weight excluding hydrogens is 340 g/mol. The molecule has 0 saturated carbocycles. The van der Waals surface area contributed by atoms with Gasteiger partial charge in [-0.25, -0.2) is 9.78 Å². The van der Waals surface area contributed by atoms with Crippen molar-refractivity contribution in [2.24, 2.45) is 0 Å². The van der Waals surface area contributed by atoms with Gasteiger partial charge in [-0.05, 0) is 32.9 Å². The van der Waals surface area contributed by atoms with Crippen LogP contribution in [-0.4, -0.2) is 16.7 Å². The van der Waals surface area contributed by atoms with Gasteiger partial charge in [0, 0.05) is 15.4 Å². The fraction of sp³-hybridized carbons (Fsp3) is 0.286. The minimum Gasteiger partial charge on any atom is -0.444 e. The third kappa shape index (κ3) is 4.31. The molecule has 0 atom stereocenters. The van der Waals surface area contributed by atoms with Crippen LogP contribution in [-0.2, 0) is 4.74 Å². The van der Waals surface area contributed by atoms with Crippen LogP contribution in [0.4, 0.5) is 9.93 Å². The Morgan fingerprint density at radius 3 is 2.80 bits per heavy atom. The monoisotopic (exact) mass is 354 g/mol. The largest absolute Gasteiger partial charge is 0.444 e. The third-order valence-electron chi connectivity index (χ3n) is 2.23. The highest BCUT2D eigenvalue weighted by molar-refractivity contribution is 9.10. The second-order valence-electron chi connectivity index (χ2n) is 5.18. The Labute approximate surface area is 130 Å². The lowest BCUT2D eigenvalue weighted by Crippen LogP contribution is -2.27. The number of halogens is 1. The lowest BCUT2D eigenvalue weighted by molar-refractivity contribution is 0.0636. The molecule has 106 valence electrons. The fourth-order valence-corrected chi connectivity index (χ4v) is 2.61. The predicted octanol–water partition coefficient (Wildman–Crippen LogP) is 4.92. The van der Waals surface area contributed by atoms with E-state index < -0.39 is 11.7 Å². The van der Waals surface area contributed by atoms with Gasteiger partial charge in [0.25, 0.3) is 0 Å². The van der Waals surface area contributed by atoms with Crippen molar-refractivity contribution in [1.29, 1.82) is 0 Å². The Bertz CT molecular complexity index is 620. The SMILES string of the molecule is CC(C)(C)OC(=O)Nc1nc(-c2cccc(Br)c2)cs1. The second-order valence-corrected chi connectivity index (χ2v) is 6.95. The molecule has 0 aliphatic carbocycles. The van der Waals surface area contributed by atoms with E-state index in [2.05, 4.69) is 26.2 Å². The van der Waals surface area contributed by atoms with Gasteiger partial charge in [0.15, 0.2) is 5.13 Å². The summed E-state index contributed by atoms with van der Waals surface area (Å²) in [5.41, 5.74) is 1.30. The van der Waals surface area contributed by atoms with Gasteiger partial charge in [0.05, 0.1) is 5.69 Å². The number of thiazole rings is 1. The zero-order valence-corrected chi connectivity index (χ0v) is 13.8. The van der Waals surface area contributed by atoms with Crippen LogP contribution in [0.25, 0.3) is 11.3 Å². The summed E-state index contributed by atoms with van der Waals surface area (Å²) in [6, 6.07) is 7.85. The number of nitrogens with zero attached hydrogens (tertiary/aromatic N) is 1. The molecule has 0 saturated heterocycles. The lowest BCUT2D eigenvalue weighted by Gasteiger charge is -2.18. The van der Waals surface area contributed by atoms with Crippen molar-refractivity contribution < 1.29 is 9.53 Å². The Balaban J connectivity index is 2.08. The highest BCUT2D eigenvalue weighted by atomic mass is 79.9. The average molecular weight is 355 g/mol. The van der Waals surface area contributed by atoms with Crippen LogP contribution in [0.1, 0.15) is 20.8 Å². The zero-order chi connectivity index (χ0) is 14.8. The first-order chi connectivity index (χ1) is 9.33. The molecule has 6 heteroatoms. The predicted molar refractivity (Wildman–Crippen MR) is 85.1 cm³/mol. The molecule has 1 aromatic carbocycles. The first-order valence-corrected chi connectivity index (χ1v) is 7.72. The van der Waals surface area contributed by atoms with Crippen molar-refractivity contribution in [2.45, 2.75) is 26.4 Å². The maximum Gasteiger partial charge on any atom is 0.413 e. The lowest BCUT2D eigenvalue weighted by atomic mass is 10.2. The van der Waals surface area contributed by atoms with E-state index in [0.717, 1.165) is 15.7 Å². The fourth-order valence-electron chi connectivity index (χ4n) is 1.50. The summed E-state index contributed by atoms with van der Waals surface area (Å²) in [7, 11) is 0. The van der Waals surface area contributed by atoms with Crippen LogP contribution in [0.5, 0.6) is 0 Å². The van der Waals surface area contributed by atoms with Crippen LogP contribution in [0.2, 0.25) is 0 Å². The summed E-state index contributed by atoms with van der Waals surface area (Å²) in [5, 5.41) is 5.06. The summed E-state index contributed by atoms with van der Waals surface area (Å²) in [5.74, 6) is 0. The van der Waals surface area contributed by atoms with Gasteiger partial charge in [0.1, 0.15) is 5.60 Å². The van der Waals surface area contributed by atoms with E-state index >= 15 is 0 Å². The standard InChI is InChI=1S/C14H15BrN2O2S/c1-14(2,3)19-13(18)17-12-16-11(8-20-12)9-5-4-6-10(15)7-9/h4-8H,1-3H3,(H,16,17,18). The Kier molecular flexibility index (Phi) is 4.45. The van der Waals surface area contributed by atoms with Gasteiger partial charge in [-0.2, -0.15) is 0 Å². The number of carbonyl (C=O) groups is 1. The minimum atomic E-state index is -0.519. The average Bonchev–Trinajstić information content (AvgIpc) is 2.74. The molecule has 4 nitrogen and oxygen atoms in total. The number of aromatic nitrogens is 1. The van der Waals surface area contributed by atoms with Crippen LogP contribution in [0.3, 0.4) is 0 Å². The first-order valence-electron chi connectivity index (χ1n) is 6.05. The molecule has 1 aromatic heterocycles. The number of amides is 1. The number of anilines is 1. The van der Waals surface area contributed by atoms with E-state index in [1.165, 1.54) is 11.3 Å². The Morgan fingerprint density at radius 1 is 1.40 bits per heavy atom. The van der Waals surface area contributed by atoms with E-state index in [1.54, 1.807) is 0 Å².